The molecule has 2 aromatic rings. The van der Waals surface area contributed by atoms with Crippen LogP contribution in [0.25, 0.3) is 0 Å². The Kier molecular flexibility index (Phi) is 4.74. The van der Waals surface area contributed by atoms with E-state index in [1.165, 1.54) is 18.2 Å². The Balaban J connectivity index is 1.64. The molecule has 25 heavy (non-hydrogen) atoms. The van der Waals surface area contributed by atoms with E-state index in [9.17, 15) is 15.0 Å². The van der Waals surface area contributed by atoms with E-state index in [1.54, 1.807) is 25.1 Å². The van der Waals surface area contributed by atoms with Gasteiger partial charge in [0.1, 0.15) is 24.7 Å². The molecule has 0 atom stereocenters. The van der Waals surface area contributed by atoms with E-state index in [0.717, 1.165) is 5.56 Å². The number of phenolic OH excluding ortho intramolecular Hbond substituents is 2. The maximum Gasteiger partial charge on any atom is 0.244 e. The van der Waals surface area contributed by atoms with Crippen molar-refractivity contribution in [2.75, 3.05) is 13.2 Å². The van der Waals surface area contributed by atoms with Gasteiger partial charge in [0.2, 0.25) is 5.91 Å². The van der Waals surface area contributed by atoms with Crippen LogP contribution in [0, 0.1) is 0 Å². The van der Waals surface area contributed by atoms with Gasteiger partial charge in [0.15, 0.2) is 11.5 Å². The fourth-order valence-electron chi connectivity index (χ4n) is 2.46. The largest absolute Gasteiger partial charge is 0.508 e. The number of hydrogen-bond donors (Lipinski definition) is 3. The van der Waals surface area contributed by atoms with Gasteiger partial charge >= 0.3 is 0 Å². The number of fused-ring (bicyclic) bond motifs is 1. The minimum absolute atomic E-state index is 0.0447. The van der Waals surface area contributed by atoms with Crippen LogP contribution >= 0.6 is 0 Å². The molecule has 7 nitrogen and oxygen atoms in total. The normalized spacial score (nSPS) is 13.4. The second-order valence-electron chi connectivity index (χ2n) is 5.59. The summed E-state index contributed by atoms with van der Waals surface area (Å²) in [6.07, 6.45) is 0.134. The summed E-state index contributed by atoms with van der Waals surface area (Å²) >= 11 is 0. The molecule has 0 radical (unpaired) electrons. The van der Waals surface area contributed by atoms with Crippen LogP contribution in [-0.2, 0) is 11.2 Å². The van der Waals surface area contributed by atoms with Gasteiger partial charge in [0.05, 0.1) is 12.1 Å². The van der Waals surface area contributed by atoms with Crippen molar-refractivity contribution in [3.05, 3.63) is 47.5 Å². The third kappa shape index (κ3) is 4.00. The van der Waals surface area contributed by atoms with E-state index in [1.807, 2.05) is 0 Å². The Morgan fingerprint density at radius 3 is 2.64 bits per heavy atom. The van der Waals surface area contributed by atoms with Crippen molar-refractivity contribution in [1.82, 2.24) is 5.43 Å². The van der Waals surface area contributed by atoms with Crippen molar-refractivity contribution in [1.29, 1.82) is 0 Å². The highest BCUT2D eigenvalue weighted by molar-refractivity contribution is 6.01. The number of hydrazone groups is 1. The molecule has 7 heteroatoms. The van der Waals surface area contributed by atoms with Crippen LogP contribution in [0.2, 0.25) is 0 Å². The average molecular weight is 342 g/mol. The molecule has 0 aliphatic carbocycles. The monoisotopic (exact) mass is 342 g/mol. The number of rotatable bonds is 4. The van der Waals surface area contributed by atoms with Gasteiger partial charge in [0.25, 0.3) is 0 Å². The second kappa shape index (κ2) is 7.12. The molecule has 0 bridgehead atoms. The molecule has 0 unspecified atom stereocenters. The number of amides is 1. The predicted molar refractivity (Wildman–Crippen MR) is 91.3 cm³/mol. The van der Waals surface area contributed by atoms with E-state index in [0.29, 0.717) is 36.0 Å². The summed E-state index contributed by atoms with van der Waals surface area (Å²) < 4.78 is 10.9. The van der Waals surface area contributed by atoms with Gasteiger partial charge in [-0.2, -0.15) is 5.10 Å². The van der Waals surface area contributed by atoms with E-state index in [4.69, 9.17) is 9.47 Å². The third-order valence-corrected chi connectivity index (χ3v) is 3.69. The number of benzene rings is 2. The summed E-state index contributed by atoms with van der Waals surface area (Å²) in [5.41, 5.74) is 4.09. The molecule has 130 valence electrons. The van der Waals surface area contributed by atoms with Crippen LogP contribution < -0.4 is 14.9 Å². The van der Waals surface area contributed by atoms with E-state index in [2.05, 4.69) is 10.5 Å². The molecule has 1 heterocycles. The number of nitrogens with one attached hydrogen (secondary N) is 1. The molecule has 0 aromatic heterocycles. The molecule has 2 aromatic carbocycles. The Bertz CT molecular complexity index is 832. The molecule has 0 saturated heterocycles. The van der Waals surface area contributed by atoms with Crippen molar-refractivity contribution < 1.29 is 24.5 Å². The topological polar surface area (TPSA) is 100 Å². The Labute approximate surface area is 144 Å². The van der Waals surface area contributed by atoms with Crippen LogP contribution in [0.4, 0.5) is 0 Å². The number of carbonyl (C=O) groups excluding carboxylic acids is 1. The molecule has 0 saturated carbocycles. The van der Waals surface area contributed by atoms with E-state index >= 15 is 0 Å². The Hall–Kier alpha value is -3.22. The average Bonchev–Trinajstić information content (AvgIpc) is 2.59. The molecule has 3 rings (SSSR count). The number of carbonyl (C=O) groups is 1. The van der Waals surface area contributed by atoms with Crippen LogP contribution in [0.5, 0.6) is 23.0 Å². The highest BCUT2D eigenvalue weighted by atomic mass is 16.6. The van der Waals surface area contributed by atoms with Gasteiger partial charge in [-0.3, -0.25) is 4.79 Å². The first-order valence-electron chi connectivity index (χ1n) is 7.77. The SMILES string of the molecule is C/C(=N/NC(=O)Cc1ccc2c(c1)OCCO2)c1ccc(O)cc1O. The smallest absolute Gasteiger partial charge is 0.244 e. The minimum atomic E-state index is -0.297. The van der Waals surface area contributed by atoms with Gasteiger partial charge in [-0.15, -0.1) is 0 Å². The van der Waals surface area contributed by atoms with Gasteiger partial charge in [0, 0.05) is 11.6 Å². The fraction of sp³-hybridized carbons (Fsp3) is 0.222. The molecule has 1 amide bonds. The van der Waals surface area contributed by atoms with E-state index < -0.39 is 0 Å². The maximum absolute atomic E-state index is 12.1. The zero-order valence-electron chi connectivity index (χ0n) is 13.7. The maximum atomic E-state index is 12.1. The van der Waals surface area contributed by atoms with E-state index in [-0.39, 0.29) is 23.8 Å². The number of phenols is 2. The summed E-state index contributed by atoms with van der Waals surface area (Å²) in [5, 5.41) is 23.1. The van der Waals surface area contributed by atoms with Gasteiger partial charge in [-0.05, 0) is 36.8 Å². The molecular weight excluding hydrogens is 324 g/mol. The summed E-state index contributed by atoms with van der Waals surface area (Å²) in [5.74, 6) is 0.852. The van der Waals surface area contributed by atoms with Crippen LogP contribution in [0.3, 0.4) is 0 Å². The van der Waals surface area contributed by atoms with Crippen LogP contribution in [0.15, 0.2) is 41.5 Å². The first kappa shape index (κ1) is 16.6. The zero-order valence-corrected chi connectivity index (χ0v) is 13.7. The highest BCUT2D eigenvalue weighted by Crippen LogP contribution is 2.30. The quantitative estimate of drug-likeness (QED) is 0.582. The molecule has 1 aliphatic heterocycles. The number of aromatic hydroxyl groups is 2. The second-order valence-corrected chi connectivity index (χ2v) is 5.59. The number of hydrogen-bond acceptors (Lipinski definition) is 6. The molecular formula is C18H18N2O5. The highest BCUT2D eigenvalue weighted by Gasteiger charge is 2.13. The minimum Gasteiger partial charge on any atom is -0.508 e. The fourth-order valence-corrected chi connectivity index (χ4v) is 2.46. The zero-order chi connectivity index (χ0) is 17.8. The number of nitrogens with zero attached hydrogens (tertiary/aromatic N) is 1. The molecule has 0 spiro atoms. The third-order valence-electron chi connectivity index (χ3n) is 3.69. The molecule has 1 aliphatic rings. The summed E-state index contributed by atoms with van der Waals surface area (Å²) in [6, 6.07) is 9.53. The van der Waals surface area contributed by atoms with Crippen molar-refractivity contribution in [2.24, 2.45) is 5.10 Å². The van der Waals surface area contributed by atoms with Crippen molar-refractivity contribution in [3.8, 4) is 23.0 Å². The lowest BCUT2D eigenvalue weighted by molar-refractivity contribution is -0.120. The predicted octanol–water partition coefficient (Wildman–Crippen LogP) is 1.95. The standard InChI is InChI=1S/C18H18N2O5/c1-11(14-4-3-13(21)10-15(14)22)19-20-18(23)9-12-2-5-16-17(8-12)25-7-6-24-16/h2-5,8,10,21-22H,6-7,9H2,1H3,(H,20,23)/b19-11-. The van der Waals surface area contributed by atoms with Crippen molar-refractivity contribution in [3.63, 3.8) is 0 Å². The summed E-state index contributed by atoms with van der Waals surface area (Å²) in [6.45, 7) is 2.66. The molecule has 3 N–H and O–H groups in total. The Morgan fingerprint density at radius 2 is 1.88 bits per heavy atom. The van der Waals surface area contributed by atoms with Gasteiger partial charge in [-0.1, -0.05) is 6.07 Å². The Morgan fingerprint density at radius 1 is 1.12 bits per heavy atom. The first-order valence-corrected chi connectivity index (χ1v) is 7.77. The first-order chi connectivity index (χ1) is 12.0. The van der Waals surface area contributed by atoms with Crippen LogP contribution in [-0.4, -0.2) is 35.0 Å². The molecule has 0 fully saturated rings. The summed E-state index contributed by atoms with van der Waals surface area (Å²) in [7, 11) is 0. The lowest BCUT2D eigenvalue weighted by Crippen LogP contribution is -2.21. The van der Waals surface area contributed by atoms with Gasteiger partial charge in [-0.25, -0.2) is 5.43 Å². The van der Waals surface area contributed by atoms with Crippen molar-refractivity contribution >= 4 is 11.6 Å². The summed E-state index contributed by atoms with van der Waals surface area (Å²) in [4.78, 5) is 12.1. The number of ether oxygens (including phenoxy) is 2. The van der Waals surface area contributed by atoms with Crippen molar-refractivity contribution in [2.45, 2.75) is 13.3 Å². The lowest BCUT2D eigenvalue weighted by atomic mass is 10.1. The lowest BCUT2D eigenvalue weighted by Gasteiger charge is -2.18. The van der Waals surface area contributed by atoms with Gasteiger partial charge < -0.3 is 19.7 Å². The van der Waals surface area contributed by atoms with Crippen LogP contribution in [0.1, 0.15) is 18.1 Å².